The molecule has 2 rings (SSSR count). The number of carboxylic acids is 1. The van der Waals surface area contributed by atoms with Gasteiger partial charge in [-0.3, -0.25) is 9.69 Å². The lowest BCUT2D eigenvalue weighted by Crippen LogP contribution is -2.55. The van der Waals surface area contributed by atoms with E-state index in [-0.39, 0.29) is 18.7 Å². The van der Waals surface area contributed by atoms with Gasteiger partial charge in [0, 0.05) is 45.9 Å². The summed E-state index contributed by atoms with van der Waals surface area (Å²) in [5.41, 5.74) is 0. The van der Waals surface area contributed by atoms with Gasteiger partial charge in [0.05, 0.1) is 12.6 Å². The third kappa shape index (κ3) is 4.57. The van der Waals surface area contributed by atoms with Crippen molar-refractivity contribution in [3.8, 4) is 0 Å². The Morgan fingerprint density at radius 3 is 2.48 bits per heavy atom. The van der Waals surface area contributed by atoms with Crippen LogP contribution in [0.1, 0.15) is 19.8 Å². The highest BCUT2D eigenvalue weighted by Gasteiger charge is 2.29. The maximum atomic E-state index is 12.5. The topological polar surface area (TPSA) is 73.3 Å². The van der Waals surface area contributed by atoms with Crippen LogP contribution in [0.5, 0.6) is 0 Å². The zero-order chi connectivity index (χ0) is 15.2. The highest BCUT2D eigenvalue weighted by atomic mass is 16.5. The number of rotatable bonds is 4. The lowest BCUT2D eigenvalue weighted by Gasteiger charge is -2.39. The van der Waals surface area contributed by atoms with E-state index in [2.05, 4.69) is 0 Å². The number of carboxylic acid groups (broad SMARTS) is 1. The van der Waals surface area contributed by atoms with Crippen molar-refractivity contribution >= 4 is 12.0 Å². The molecule has 0 aromatic rings. The molecule has 0 aromatic carbocycles. The van der Waals surface area contributed by atoms with E-state index in [1.165, 1.54) is 0 Å². The second kappa shape index (κ2) is 7.61. The third-order valence-electron chi connectivity index (χ3n) is 4.05. The monoisotopic (exact) mass is 299 g/mol. The van der Waals surface area contributed by atoms with Crippen LogP contribution >= 0.6 is 0 Å². The van der Waals surface area contributed by atoms with Crippen LogP contribution in [0.2, 0.25) is 0 Å². The molecular formula is C14H25N3O4. The molecule has 7 heteroatoms. The van der Waals surface area contributed by atoms with E-state index in [0.29, 0.717) is 39.3 Å². The smallest absolute Gasteiger partial charge is 0.320 e. The summed E-state index contributed by atoms with van der Waals surface area (Å²) >= 11 is 0. The second-order valence-electron chi connectivity index (χ2n) is 5.61. The molecule has 2 heterocycles. The number of aliphatic carboxylic acids is 1. The van der Waals surface area contributed by atoms with Crippen molar-refractivity contribution in [2.45, 2.75) is 25.9 Å². The van der Waals surface area contributed by atoms with Crippen molar-refractivity contribution in [1.82, 2.24) is 14.7 Å². The van der Waals surface area contributed by atoms with E-state index in [0.717, 1.165) is 19.4 Å². The standard InChI is InChI=1S/C14H25N3O4/c1-2-21-12-4-3-5-17(10-12)14(20)16-8-6-15(7-9-16)11-13(18)19/h12H,2-11H2,1H3,(H,18,19). The van der Waals surface area contributed by atoms with Crippen LogP contribution < -0.4 is 0 Å². The van der Waals surface area contributed by atoms with Crippen LogP contribution in [0.3, 0.4) is 0 Å². The molecule has 0 aliphatic carbocycles. The lowest BCUT2D eigenvalue weighted by molar-refractivity contribution is -0.138. The number of piperazine rings is 1. The molecule has 0 saturated carbocycles. The Bertz CT molecular complexity index is 367. The molecule has 0 radical (unpaired) electrons. The molecule has 2 fully saturated rings. The van der Waals surface area contributed by atoms with Crippen LogP contribution in [0.4, 0.5) is 4.79 Å². The summed E-state index contributed by atoms with van der Waals surface area (Å²) in [4.78, 5) is 28.7. The maximum absolute atomic E-state index is 12.5. The number of piperidine rings is 1. The molecule has 120 valence electrons. The Labute approximate surface area is 125 Å². The summed E-state index contributed by atoms with van der Waals surface area (Å²) in [5, 5.41) is 8.78. The number of likely N-dealkylation sites (tertiary alicyclic amines) is 1. The highest BCUT2D eigenvalue weighted by molar-refractivity contribution is 5.75. The van der Waals surface area contributed by atoms with Crippen LogP contribution in [-0.4, -0.2) is 90.3 Å². The minimum Gasteiger partial charge on any atom is -0.480 e. The molecule has 0 aromatic heterocycles. The number of amides is 2. The Morgan fingerprint density at radius 1 is 1.14 bits per heavy atom. The summed E-state index contributed by atoms with van der Waals surface area (Å²) in [6.45, 7) is 6.62. The van der Waals surface area contributed by atoms with E-state index in [1.807, 2.05) is 21.6 Å². The summed E-state index contributed by atoms with van der Waals surface area (Å²) < 4.78 is 5.63. The summed E-state index contributed by atoms with van der Waals surface area (Å²) in [6.07, 6.45) is 2.15. The van der Waals surface area contributed by atoms with E-state index in [9.17, 15) is 9.59 Å². The van der Waals surface area contributed by atoms with Gasteiger partial charge in [-0.1, -0.05) is 0 Å². The van der Waals surface area contributed by atoms with E-state index < -0.39 is 5.97 Å². The SMILES string of the molecule is CCOC1CCCN(C(=O)N2CCN(CC(=O)O)CC2)C1. The largest absolute Gasteiger partial charge is 0.480 e. The molecule has 2 saturated heterocycles. The molecular weight excluding hydrogens is 274 g/mol. The first-order chi connectivity index (χ1) is 10.1. The van der Waals surface area contributed by atoms with Gasteiger partial charge < -0.3 is 19.6 Å². The Kier molecular flexibility index (Phi) is 5.81. The molecule has 0 bridgehead atoms. The zero-order valence-corrected chi connectivity index (χ0v) is 12.7. The third-order valence-corrected chi connectivity index (χ3v) is 4.05. The average Bonchev–Trinajstić information content (AvgIpc) is 2.47. The van der Waals surface area contributed by atoms with Crippen molar-refractivity contribution in [2.24, 2.45) is 0 Å². The van der Waals surface area contributed by atoms with Crippen LogP contribution in [-0.2, 0) is 9.53 Å². The Balaban J connectivity index is 1.80. The fourth-order valence-electron chi connectivity index (χ4n) is 2.97. The first-order valence-corrected chi connectivity index (χ1v) is 7.69. The average molecular weight is 299 g/mol. The molecule has 2 aliphatic rings. The summed E-state index contributed by atoms with van der Waals surface area (Å²) in [6, 6.07) is 0.0642. The fraction of sp³-hybridized carbons (Fsp3) is 0.857. The van der Waals surface area contributed by atoms with Gasteiger partial charge in [0.2, 0.25) is 0 Å². The molecule has 1 atom stereocenters. The predicted octanol–water partition coefficient (Wildman–Crippen LogP) is 0.310. The van der Waals surface area contributed by atoms with Crippen molar-refractivity contribution in [3.63, 3.8) is 0 Å². The molecule has 1 unspecified atom stereocenters. The van der Waals surface area contributed by atoms with E-state index in [1.54, 1.807) is 0 Å². The number of hydrogen-bond acceptors (Lipinski definition) is 4. The van der Waals surface area contributed by atoms with Crippen LogP contribution in [0, 0.1) is 0 Å². The number of urea groups is 1. The van der Waals surface area contributed by atoms with Gasteiger partial charge in [0.15, 0.2) is 0 Å². The van der Waals surface area contributed by atoms with Crippen molar-refractivity contribution in [3.05, 3.63) is 0 Å². The fourth-order valence-corrected chi connectivity index (χ4v) is 2.97. The number of nitrogens with zero attached hydrogens (tertiary/aromatic N) is 3. The van der Waals surface area contributed by atoms with Gasteiger partial charge in [-0.05, 0) is 19.8 Å². The Morgan fingerprint density at radius 2 is 1.86 bits per heavy atom. The van der Waals surface area contributed by atoms with Gasteiger partial charge in [-0.25, -0.2) is 4.79 Å². The van der Waals surface area contributed by atoms with Gasteiger partial charge in [0.1, 0.15) is 0 Å². The van der Waals surface area contributed by atoms with Crippen molar-refractivity contribution in [1.29, 1.82) is 0 Å². The zero-order valence-electron chi connectivity index (χ0n) is 12.7. The van der Waals surface area contributed by atoms with E-state index >= 15 is 0 Å². The van der Waals surface area contributed by atoms with E-state index in [4.69, 9.17) is 9.84 Å². The normalized spacial score (nSPS) is 24.1. The summed E-state index contributed by atoms with van der Waals surface area (Å²) in [7, 11) is 0. The highest BCUT2D eigenvalue weighted by Crippen LogP contribution is 2.16. The molecule has 2 aliphatic heterocycles. The first kappa shape index (κ1) is 16.0. The predicted molar refractivity (Wildman–Crippen MR) is 77.3 cm³/mol. The lowest BCUT2D eigenvalue weighted by atomic mass is 10.1. The minimum absolute atomic E-state index is 0.0537. The quantitative estimate of drug-likeness (QED) is 0.809. The maximum Gasteiger partial charge on any atom is 0.320 e. The van der Waals surface area contributed by atoms with Crippen LogP contribution in [0.25, 0.3) is 0 Å². The Hall–Kier alpha value is -1.34. The summed E-state index contributed by atoms with van der Waals surface area (Å²) in [5.74, 6) is -0.814. The van der Waals surface area contributed by atoms with Gasteiger partial charge in [-0.15, -0.1) is 0 Å². The number of carbonyl (C=O) groups is 2. The minimum atomic E-state index is -0.814. The molecule has 2 amide bonds. The molecule has 7 nitrogen and oxygen atoms in total. The van der Waals surface area contributed by atoms with Crippen molar-refractivity contribution in [2.75, 3.05) is 52.4 Å². The van der Waals surface area contributed by atoms with Crippen LogP contribution in [0.15, 0.2) is 0 Å². The number of ether oxygens (including phenoxy) is 1. The first-order valence-electron chi connectivity index (χ1n) is 7.69. The molecule has 1 N–H and O–H groups in total. The molecule has 0 spiro atoms. The number of carbonyl (C=O) groups excluding carboxylic acids is 1. The number of hydrogen-bond donors (Lipinski definition) is 1. The van der Waals surface area contributed by atoms with Crippen molar-refractivity contribution < 1.29 is 19.4 Å². The molecule has 21 heavy (non-hydrogen) atoms. The van der Waals surface area contributed by atoms with Gasteiger partial charge in [-0.2, -0.15) is 0 Å². The van der Waals surface area contributed by atoms with Gasteiger partial charge in [0.25, 0.3) is 0 Å². The van der Waals surface area contributed by atoms with Gasteiger partial charge >= 0.3 is 12.0 Å². The second-order valence-corrected chi connectivity index (χ2v) is 5.61.